The smallest absolute Gasteiger partial charge is 0.265 e. The van der Waals surface area contributed by atoms with Crippen molar-refractivity contribution in [2.75, 3.05) is 0 Å². The Morgan fingerprint density at radius 2 is 1.79 bits per heavy atom. The highest BCUT2D eigenvalue weighted by Gasteiger charge is 2.20. The van der Waals surface area contributed by atoms with Gasteiger partial charge in [0.2, 0.25) is 5.78 Å². The van der Waals surface area contributed by atoms with Crippen LogP contribution in [0.2, 0.25) is 15.1 Å². The van der Waals surface area contributed by atoms with E-state index in [0.29, 0.717) is 31.5 Å². The van der Waals surface area contributed by atoms with E-state index in [-0.39, 0.29) is 10.7 Å². The molecule has 0 fully saturated rings. The molecule has 0 N–H and O–H groups in total. The zero-order chi connectivity index (χ0) is 20.5. The van der Waals surface area contributed by atoms with Crippen molar-refractivity contribution in [1.29, 1.82) is 0 Å². The Balaban J connectivity index is 1.96. The number of benzene rings is 2. The van der Waals surface area contributed by atoms with Gasteiger partial charge in [0.25, 0.3) is 5.56 Å². The molecule has 0 aliphatic rings. The van der Waals surface area contributed by atoms with Crippen molar-refractivity contribution in [3.63, 3.8) is 0 Å². The van der Waals surface area contributed by atoms with Crippen LogP contribution in [0.4, 0.5) is 0 Å². The highest BCUT2D eigenvalue weighted by atomic mass is 35.5. The average molecular weight is 463 g/mol. The minimum Gasteiger partial charge on any atom is -0.284 e. The molecule has 2 aromatic heterocycles. The predicted molar refractivity (Wildman–Crippen MR) is 118 cm³/mol. The minimum absolute atomic E-state index is 0.0681. The molecule has 144 valence electrons. The fraction of sp³-hybridized carbons (Fsp3) is 0. The third kappa shape index (κ3) is 3.97. The summed E-state index contributed by atoms with van der Waals surface area (Å²) in [6, 6.07) is 9.63. The third-order valence-electron chi connectivity index (χ3n) is 4.09. The van der Waals surface area contributed by atoms with E-state index in [1.54, 1.807) is 41.8 Å². The van der Waals surface area contributed by atoms with Crippen LogP contribution in [0.15, 0.2) is 59.1 Å². The first-order valence-corrected chi connectivity index (χ1v) is 10.2. The highest BCUT2D eigenvalue weighted by molar-refractivity contribution is 7.12. The van der Waals surface area contributed by atoms with E-state index in [1.165, 1.54) is 34.5 Å². The zero-order valence-corrected chi connectivity index (χ0v) is 17.6. The van der Waals surface area contributed by atoms with Crippen molar-refractivity contribution < 1.29 is 4.79 Å². The number of ketones is 1. The zero-order valence-electron chi connectivity index (χ0n) is 14.5. The monoisotopic (exact) mass is 461 g/mol. The Kier molecular flexibility index (Phi) is 5.52. The molecule has 0 amide bonds. The normalized spacial score (nSPS) is 11.8. The molecule has 0 saturated heterocycles. The SMILES string of the molecule is O=C(/C(=C/c1ccc(Cl)cc1Cl)n1cnc2cc(Cl)ccc2c1=O)c1nccs1. The average Bonchev–Trinajstić information content (AvgIpc) is 3.22. The van der Waals surface area contributed by atoms with Crippen molar-refractivity contribution in [2.45, 2.75) is 0 Å². The summed E-state index contributed by atoms with van der Waals surface area (Å²) in [5, 5.41) is 3.52. The van der Waals surface area contributed by atoms with Gasteiger partial charge in [-0.2, -0.15) is 0 Å². The third-order valence-corrected chi connectivity index (χ3v) is 5.66. The van der Waals surface area contributed by atoms with Gasteiger partial charge in [-0.05, 0) is 42.0 Å². The number of fused-ring (bicyclic) bond motifs is 1. The van der Waals surface area contributed by atoms with Crippen LogP contribution in [0.5, 0.6) is 0 Å². The molecule has 0 aliphatic heterocycles. The van der Waals surface area contributed by atoms with Gasteiger partial charge in [0, 0.05) is 26.6 Å². The van der Waals surface area contributed by atoms with Crippen LogP contribution in [-0.4, -0.2) is 20.3 Å². The first-order valence-electron chi connectivity index (χ1n) is 8.22. The van der Waals surface area contributed by atoms with E-state index in [9.17, 15) is 9.59 Å². The van der Waals surface area contributed by atoms with E-state index in [4.69, 9.17) is 34.8 Å². The molecule has 0 aliphatic carbocycles. The standard InChI is InChI=1S/C20H10Cl3N3O2S/c21-12-2-1-11(15(23)8-12)7-17(18(27)19-24-5-6-29-19)26-10-25-16-9-13(22)3-4-14(16)20(26)28/h1-10H/b17-7-. The Bertz CT molecular complexity index is 1330. The first-order chi connectivity index (χ1) is 13.9. The summed E-state index contributed by atoms with van der Waals surface area (Å²) in [4.78, 5) is 34.6. The molecule has 0 spiro atoms. The molecule has 5 nitrogen and oxygen atoms in total. The maximum atomic E-state index is 13.1. The number of thiazole rings is 1. The molecule has 0 saturated carbocycles. The quantitative estimate of drug-likeness (QED) is 0.288. The number of nitrogens with zero attached hydrogens (tertiary/aromatic N) is 3. The van der Waals surface area contributed by atoms with Crippen molar-refractivity contribution in [3.8, 4) is 0 Å². The topological polar surface area (TPSA) is 64.8 Å². The summed E-state index contributed by atoms with van der Waals surface area (Å²) in [6.45, 7) is 0. The van der Waals surface area contributed by atoms with Crippen molar-refractivity contribution >= 4 is 74.6 Å². The first kappa shape index (κ1) is 19.8. The van der Waals surface area contributed by atoms with Crippen LogP contribution >= 0.6 is 46.1 Å². The molecule has 0 radical (unpaired) electrons. The van der Waals surface area contributed by atoms with Crippen LogP contribution in [0.3, 0.4) is 0 Å². The van der Waals surface area contributed by atoms with E-state index in [2.05, 4.69) is 9.97 Å². The van der Waals surface area contributed by atoms with Crippen LogP contribution in [0.1, 0.15) is 15.4 Å². The Hall–Kier alpha value is -2.51. The summed E-state index contributed by atoms with van der Waals surface area (Å²) in [7, 11) is 0. The van der Waals surface area contributed by atoms with Gasteiger partial charge in [0.15, 0.2) is 5.01 Å². The summed E-state index contributed by atoms with van der Waals surface area (Å²) in [5.41, 5.74) is 0.620. The summed E-state index contributed by atoms with van der Waals surface area (Å²) >= 11 is 19.4. The summed E-state index contributed by atoms with van der Waals surface area (Å²) in [6.07, 6.45) is 4.34. The molecule has 0 unspecified atom stereocenters. The predicted octanol–water partition coefficient (Wildman–Crippen LogP) is 5.69. The van der Waals surface area contributed by atoms with Gasteiger partial charge in [0.05, 0.1) is 10.9 Å². The second-order valence-corrected chi connectivity index (χ2v) is 8.12. The molecule has 4 aromatic rings. The highest BCUT2D eigenvalue weighted by Crippen LogP contribution is 2.26. The lowest BCUT2D eigenvalue weighted by atomic mass is 10.1. The van der Waals surface area contributed by atoms with Crippen LogP contribution in [-0.2, 0) is 0 Å². The lowest BCUT2D eigenvalue weighted by Crippen LogP contribution is -2.23. The van der Waals surface area contributed by atoms with Crippen LogP contribution < -0.4 is 5.56 Å². The van der Waals surface area contributed by atoms with Gasteiger partial charge >= 0.3 is 0 Å². The van der Waals surface area contributed by atoms with Crippen molar-refractivity contribution in [3.05, 3.63) is 90.3 Å². The van der Waals surface area contributed by atoms with E-state index < -0.39 is 11.3 Å². The van der Waals surface area contributed by atoms with Gasteiger partial charge < -0.3 is 0 Å². The van der Waals surface area contributed by atoms with Gasteiger partial charge in [-0.25, -0.2) is 9.97 Å². The second kappa shape index (κ2) is 8.08. The lowest BCUT2D eigenvalue weighted by molar-refractivity contribution is 0.105. The van der Waals surface area contributed by atoms with E-state index >= 15 is 0 Å². The summed E-state index contributed by atoms with van der Waals surface area (Å²) in [5.74, 6) is -0.428. The molecule has 29 heavy (non-hydrogen) atoms. The number of allylic oxidation sites excluding steroid dienone is 1. The molecule has 2 heterocycles. The lowest BCUT2D eigenvalue weighted by Gasteiger charge is -2.10. The Morgan fingerprint density at radius 1 is 1.03 bits per heavy atom. The largest absolute Gasteiger partial charge is 0.284 e. The molecule has 0 atom stereocenters. The number of hydrogen-bond donors (Lipinski definition) is 0. The Labute approximate surface area is 183 Å². The van der Waals surface area contributed by atoms with Crippen molar-refractivity contribution in [2.24, 2.45) is 0 Å². The molecular weight excluding hydrogens is 453 g/mol. The molecular formula is C20H10Cl3N3O2S. The maximum Gasteiger partial charge on any atom is 0.265 e. The van der Waals surface area contributed by atoms with Gasteiger partial charge in [-0.15, -0.1) is 11.3 Å². The van der Waals surface area contributed by atoms with E-state index in [0.717, 1.165) is 0 Å². The summed E-state index contributed by atoms with van der Waals surface area (Å²) < 4.78 is 1.19. The number of Topliss-reactive ketones (excluding diaryl/α,β-unsaturated/α-hetero) is 1. The van der Waals surface area contributed by atoms with Gasteiger partial charge in [-0.1, -0.05) is 40.9 Å². The number of halogens is 3. The van der Waals surface area contributed by atoms with Gasteiger partial charge in [-0.3, -0.25) is 14.2 Å². The molecule has 4 rings (SSSR count). The molecule has 0 bridgehead atoms. The van der Waals surface area contributed by atoms with Crippen molar-refractivity contribution in [1.82, 2.24) is 14.5 Å². The van der Waals surface area contributed by atoms with E-state index in [1.807, 2.05) is 0 Å². The van der Waals surface area contributed by atoms with Crippen LogP contribution in [0.25, 0.3) is 22.7 Å². The molecule has 9 heteroatoms. The Morgan fingerprint density at radius 3 is 2.52 bits per heavy atom. The fourth-order valence-electron chi connectivity index (χ4n) is 2.72. The second-order valence-electron chi connectivity index (χ2n) is 5.94. The molecule has 2 aromatic carbocycles. The number of carbonyl (C=O) groups is 1. The number of carbonyl (C=O) groups excluding carboxylic acids is 1. The maximum absolute atomic E-state index is 13.1. The minimum atomic E-state index is -0.428. The number of aromatic nitrogens is 3. The van der Waals surface area contributed by atoms with Crippen LogP contribution in [0, 0.1) is 0 Å². The number of rotatable bonds is 4. The van der Waals surface area contributed by atoms with Gasteiger partial charge in [0.1, 0.15) is 12.0 Å². The number of hydrogen-bond acceptors (Lipinski definition) is 5. The fourth-order valence-corrected chi connectivity index (χ4v) is 3.94.